The van der Waals surface area contributed by atoms with Crippen molar-refractivity contribution in [3.05, 3.63) is 27.1 Å². The van der Waals surface area contributed by atoms with Crippen molar-refractivity contribution in [2.24, 2.45) is 0 Å². The van der Waals surface area contributed by atoms with Crippen molar-refractivity contribution in [1.29, 1.82) is 0 Å². The summed E-state index contributed by atoms with van der Waals surface area (Å²) in [6, 6.07) is 0.960. The van der Waals surface area contributed by atoms with Crippen LogP contribution in [0.2, 0.25) is 0 Å². The number of nitrogens with zero attached hydrogens (tertiary/aromatic N) is 1. The van der Waals surface area contributed by atoms with Gasteiger partial charge in [0.05, 0.1) is 24.3 Å². The lowest BCUT2D eigenvalue weighted by molar-refractivity contribution is -0.143. The maximum absolute atomic E-state index is 12.7. The van der Waals surface area contributed by atoms with Crippen LogP contribution in [-0.2, 0) is 22.1 Å². The molecule has 0 saturated carbocycles. The van der Waals surface area contributed by atoms with Crippen LogP contribution in [0.5, 0.6) is 0 Å². The largest absolute Gasteiger partial charge is 0.466 e. The fraction of sp³-hybridized carbons (Fsp3) is 0.400. The molecule has 0 unspecified atom stereocenters. The Labute approximate surface area is 110 Å². The van der Waals surface area contributed by atoms with Crippen molar-refractivity contribution in [1.82, 2.24) is 4.98 Å². The predicted molar refractivity (Wildman–Crippen MR) is 62.3 cm³/mol. The van der Waals surface area contributed by atoms with Gasteiger partial charge in [-0.05, 0) is 35.6 Å². The lowest BCUT2D eigenvalue weighted by Crippen LogP contribution is -2.16. The summed E-state index contributed by atoms with van der Waals surface area (Å²) in [6.07, 6.45) is -3.71. The maximum atomic E-state index is 12.7. The number of alkyl halides is 3. The fourth-order valence-corrected chi connectivity index (χ4v) is 1.65. The molecule has 0 bridgehead atoms. The molecule has 0 aliphatic heterocycles. The van der Waals surface area contributed by atoms with Crippen LogP contribution < -0.4 is 0 Å². The van der Waals surface area contributed by atoms with Gasteiger partial charge in [-0.15, -0.1) is 0 Å². The molecular weight excluding hydrogens is 350 g/mol. The third-order valence-electron chi connectivity index (χ3n) is 1.86. The van der Waals surface area contributed by atoms with Gasteiger partial charge in [-0.3, -0.25) is 9.78 Å². The van der Waals surface area contributed by atoms with Gasteiger partial charge in [0.15, 0.2) is 0 Å². The molecule has 94 valence electrons. The summed E-state index contributed by atoms with van der Waals surface area (Å²) < 4.78 is 43.0. The molecule has 1 aromatic rings. The highest BCUT2D eigenvalue weighted by Crippen LogP contribution is 2.32. The van der Waals surface area contributed by atoms with Crippen LogP contribution in [-0.4, -0.2) is 17.6 Å². The average Bonchev–Trinajstić information content (AvgIpc) is 2.19. The average molecular weight is 359 g/mol. The van der Waals surface area contributed by atoms with Crippen molar-refractivity contribution < 1.29 is 22.7 Å². The Morgan fingerprint density at radius 2 is 2.18 bits per heavy atom. The molecular formula is C10H9F3INO2. The van der Waals surface area contributed by atoms with Gasteiger partial charge in [-0.2, -0.15) is 13.2 Å². The minimum Gasteiger partial charge on any atom is -0.466 e. The van der Waals surface area contributed by atoms with Gasteiger partial charge in [0, 0.05) is 9.77 Å². The summed E-state index contributed by atoms with van der Waals surface area (Å²) in [5.41, 5.74) is -1.20. The first-order chi connectivity index (χ1) is 7.84. The smallest absolute Gasteiger partial charge is 0.418 e. The summed E-state index contributed by atoms with van der Waals surface area (Å²) in [6.45, 7) is 1.72. The Kier molecular flexibility index (Phi) is 4.72. The molecule has 7 heteroatoms. The second kappa shape index (κ2) is 5.65. The predicted octanol–water partition coefficient (Wildman–Crippen LogP) is 2.81. The molecule has 1 rings (SSSR count). The lowest BCUT2D eigenvalue weighted by atomic mass is 10.1. The van der Waals surface area contributed by atoms with Crippen molar-refractivity contribution in [3.63, 3.8) is 0 Å². The van der Waals surface area contributed by atoms with E-state index < -0.39 is 24.1 Å². The first-order valence-corrected chi connectivity index (χ1v) is 5.79. The normalized spacial score (nSPS) is 11.4. The van der Waals surface area contributed by atoms with Crippen LogP contribution in [0.25, 0.3) is 0 Å². The number of esters is 1. The Hall–Kier alpha value is -0.860. The van der Waals surface area contributed by atoms with E-state index in [2.05, 4.69) is 9.72 Å². The maximum Gasteiger partial charge on any atom is 0.418 e. The van der Waals surface area contributed by atoms with Gasteiger partial charge in [-0.25, -0.2) is 0 Å². The molecule has 0 fully saturated rings. The van der Waals surface area contributed by atoms with Gasteiger partial charge >= 0.3 is 12.1 Å². The molecule has 3 nitrogen and oxygen atoms in total. The van der Waals surface area contributed by atoms with Crippen molar-refractivity contribution in [3.8, 4) is 0 Å². The van der Waals surface area contributed by atoms with Gasteiger partial charge in [-0.1, -0.05) is 0 Å². The SMILES string of the molecule is CCOC(=O)Cc1ncc(I)cc1C(F)(F)F. The lowest BCUT2D eigenvalue weighted by Gasteiger charge is -2.11. The molecule has 0 N–H and O–H groups in total. The molecule has 0 amide bonds. The van der Waals surface area contributed by atoms with Crippen LogP contribution in [0.1, 0.15) is 18.2 Å². The Morgan fingerprint density at radius 3 is 2.71 bits per heavy atom. The second-order valence-corrected chi connectivity index (χ2v) is 4.37. The van der Waals surface area contributed by atoms with E-state index in [1.807, 2.05) is 0 Å². The molecule has 0 aliphatic carbocycles. The van der Waals surface area contributed by atoms with Crippen LogP contribution >= 0.6 is 22.6 Å². The third kappa shape index (κ3) is 4.14. The number of aromatic nitrogens is 1. The standard InChI is InChI=1S/C10H9F3INO2/c1-2-17-9(16)4-8-7(10(11,12)13)3-6(14)5-15-8/h3,5H,2,4H2,1H3. The van der Waals surface area contributed by atoms with E-state index in [0.717, 1.165) is 6.07 Å². The zero-order valence-corrected chi connectivity index (χ0v) is 11.0. The van der Waals surface area contributed by atoms with E-state index in [9.17, 15) is 18.0 Å². The Balaban J connectivity index is 3.03. The third-order valence-corrected chi connectivity index (χ3v) is 2.45. The van der Waals surface area contributed by atoms with E-state index in [1.165, 1.54) is 6.20 Å². The number of halogens is 4. The first kappa shape index (κ1) is 14.2. The summed E-state index contributed by atoms with van der Waals surface area (Å²) >= 11 is 1.73. The van der Waals surface area contributed by atoms with E-state index in [4.69, 9.17) is 0 Å². The number of carbonyl (C=O) groups excluding carboxylic acids is 1. The quantitative estimate of drug-likeness (QED) is 0.616. The summed E-state index contributed by atoms with van der Waals surface area (Å²) in [5.74, 6) is -0.716. The van der Waals surface area contributed by atoms with Gasteiger partial charge in [0.1, 0.15) is 0 Å². The molecule has 0 saturated heterocycles. The number of ether oxygens (including phenoxy) is 1. The summed E-state index contributed by atoms with van der Waals surface area (Å²) in [7, 11) is 0. The Morgan fingerprint density at radius 1 is 1.53 bits per heavy atom. The van der Waals surface area contributed by atoms with E-state index in [1.54, 1.807) is 29.5 Å². The fourth-order valence-electron chi connectivity index (χ4n) is 1.20. The first-order valence-electron chi connectivity index (χ1n) is 4.71. The van der Waals surface area contributed by atoms with Crippen LogP contribution in [0, 0.1) is 3.57 Å². The van der Waals surface area contributed by atoms with Gasteiger partial charge in [0.25, 0.3) is 0 Å². The van der Waals surface area contributed by atoms with Crippen LogP contribution in [0.4, 0.5) is 13.2 Å². The number of pyridine rings is 1. The van der Waals surface area contributed by atoms with Gasteiger partial charge in [0.2, 0.25) is 0 Å². The number of carbonyl (C=O) groups is 1. The highest BCUT2D eigenvalue weighted by Gasteiger charge is 2.34. The number of rotatable bonds is 3. The molecule has 1 heterocycles. The number of hydrogen-bond acceptors (Lipinski definition) is 3. The monoisotopic (exact) mass is 359 g/mol. The van der Waals surface area contributed by atoms with Crippen LogP contribution in [0.3, 0.4) is 0 Å². The van der Waals surface area contributed by atoms with Crippen molar-refractivity contribution in [2.45, 2.75) is 19.5 Å². The number of hydrogen-bond donors (Lipinski definition) is 0. The van der Waals surface area contributed by atoms with Crippen molar-refractivity contribution in [2.75, 3.05) is 6.61 Å². The summed E-state index contributed by atoms with van der Waals surface area (Å²) in [5, 5.41) is 0. The van der Waals surface area contributed by atoms with Crippen LogP contribution in [0.15, 0.2) is 12.3 Å². The molecule has 17 heavy (non-hydrogen) atoms. The minimum atomic E-state index is -4.52. The summed E-state index contributed by atoms with van der Waals surface area (Å²) in [4.78, 5) is 14.8. The molecule has 1 aromatic heterocycles. The van der Waals surface area contributed by atoms with E-state index >= 15 is 0 Å². The molecule has 0 atom stereocenters. The van der Waals surface area contributed by atoms with E-state index in [-0.39, 0.29) is 12.3 Å². The topological polar surface area (TPSA) is 39.2 Å². The highest BCUT2D eigenvalue weighted by molar-refractivity contribution is 14.1. The second-order valence-electron chi connectivity index (χ2n) is 3.13. The van der Waals surface area contributed by atoms with Crippen molar-refractivity contribution >= 4 is 28.6 Å². The highest BCUT2D eigenvalue weighted by atomic mass is 127. The molecule has 0 aromatic carbocycles. The molecule has 0 radical (unpaired) electrons. The zero-order chi connectivity index (χ0) is 13.1. The minimum absolute atomic E-state index is 0.130. The molecule has 0 spiro atoms. The zero-order valence-electron chi connectivity index (χ0n) is 8.84. The Bertz CT molecular complexity index is 421. The molecule has 0 aliphatic rings. The van der Waals surface area contributed by atoms with Gasteiger partial charge < -0.3 is 4.74 Å². The van der Waals surface area contributed by atoms with E-state index in [0.29, 0.717) is 3.57 Å².